The molecule has 1 nitrogen and oxygen atoms in total. The molecule has 1 aromatic rings. The van der Waals surface area contributed by atoms with Crippen LogP contribution in [-0.2, 0) is 0 Å². The molecule has 15 heavy (non-hydrogen) atoms. The Labute approximate surface area is 98.2 Å². The molecule has 1 N–H and O–H groups in total. The van der Waals surface area contributed by atoms with E-state index in [2.05, 4.69) is 21.2 Å². The second kappa shape index (κ2) is 5.08. The summed E-state index contributed by atoms with van der Waals surface area (Å²) in [5, 5.41) is 3.32. The topological polar surface area (TPSA) is 12.0 Å². The second-order valence-corrected chi connectivity index (χ2v) is 4.87. The lowest BCUT2D eigenvalue weighted by molar-refractivity contribution is 0.292. The highest BCUT2D eigenvalue weighted by atomic mass is 79.9. The van der Waals surface area contributed by atoms with E-state index in [4.69, 9.17) is 0 Å². The molecule has 0 bridgehead atoms. The van der Waals surface area contributed by atoms with Crippen molar-refractivity contribution in [1.29, 1.82) is 0 Å². The predicted octanol–water partition coefficient (Wildman–Crippen LogP) is 3.60. The third-order valence-electron chi connectivity index (χ3n) is 2.90. The molecule has 0 spiro atoms. The quantitative estimate of drug-likeness (QED) is 0.886. The van der Waals surface area contributed by atoms with Crippen molar-refractivity contribution in [3.63, 3.8) is 0 Å². The van der Waals surface area contributed by atoms with Crippen molar-refractivity contribution in [3.8, 4) is 0 Å². The number of hydrogen-bond donors (Lipinski definition) is 1. The number of rotatable bonds is 3. The van der Waals surface area contributed by atoms with Gasteiger partial charge in [0.1, 0.15) is 6.17 Å². The van der Waals surface area contributed by atoms with Crippen LogP contribution in [0.4, 0.5) is 4.39 Å². The van der Waals surface area contributed by atoms with Gasteiger partial charge in [-0.2, -0.15) is 0 Å². The molecule has 2 rings (SSSR count). The maximum atomic E-state index is 14.0. The molecule has 1 heterocycles. The van der Waals surface area contributed by atoms with Crippen molar-refractivity contribution in [2.45, 2.75) is 31.5 Å². The molecule has 1 aliphatic heterocycles. The zero-order chi connectivity index (χ0) is 10.7. The molecule has 0 saturated carbocycles. The Kier molecular flexibility index (Phi) is 3.76. The van der Waals surface area contributed by atoms with Crippen LogP contribution in [0.1, 0.15) is 31.0 Å². The van der Waals surface area contributed by atoms with Gasteiger partial charge in [0.25, 0.3) is 0 Å². The van der Waals surface area contributed by atoms with Crippen LogP contribution in [0.2, 0.25) is 0 Å². The van der Waals surface area contributed by atoms with Crippen molar-refractivity contribution in [2.75, 3.05) is 6.54 Å². The lowest BCUT2D eigenvalue weighted by Crippen LogP contribution is -2.22. The van der Waals surface area contributed by atoms with E-state index >= 15 is 0 Å². The SMILES string of the molecule is FC(CC1CCCN1)c1ccccc1Br. The smallest absolute Gasteiger partial charge is 0.128 e. The summed E-state index contributed by atoms with van der Waals surface area (Å²) in [7, 11) is 0. The summed E-state index contributed by atoms with van der Waals surface area (Å²) in [4.78, 5) is 0. The first-order chi connectivity index (χ1) is 7.27. The third kappa shape index (κ3) is 2.79. The summed E-state index contributed by atoms with van der Waals surface area (Å²) in [6, 6.07) is 7.89. The fourth-order valence-corrected chi connectivity index (χ4v) is 2.60. The van der Waals surface area contributed by atoms with Crippen LogP contribution in [-0.4, -0.2) is 12.6 Å². The second-order valence-electron chi connectivity index (χ2n) is 4.02. The van der Waals surface area contributed by atoms with Crippen LogP contribution in [0.15, 0.2) is 28.7 Å². The molecule has 0 aliphatic carbocycles. The van der Waals surface area contributed by atoms with Crippen LogP contribution in [0.25, 0.3) is 0 Å². The van der Waals surface area contributed by atoms with E-state index in [1.165, 1.54) is 6.42 Å². The van der Waals surface area contributed by atoms with Gasteiger partial charge in [-0.25, -0.2) is 4.39 Å². The molecule has 1 saturated heterocycles. The van der Waals surface area contributed by atoms with Gasteiger partial charge in [-0.1, -0.05) is 34.1 Å². The fraction of sp³-hybridized carbons (Fsp3) is 0.500. The van der Waals surface area contributed by atoms with Crippen LogP contribution in [0, 0.1) is 0 Å². The Morgan fingerprint density at radius 2 is 2.27 bits per heavy atom. The molecule has 0 amide bonds. The summed E-state index contributed by atoms with van der Waals surface area (Å²) in [6.45, 7) is 1.04. The van der Waals surface area contributed by atoms with Crippen molar-refractivity contribution >= 4 is 15.9 Å². The van der Waals surface area contributed by atoms with E-state index in [0.29, 0.717) is 12.5 Å². The summed E-state index contributed by atoms with van der Waals surface area (Å²) < 4.78 is 14.8. The van der Waals surface area contributed by atoms with Crippen molar-refractivity contribution in [2.24, 2.45) is 0 Å². The Morgan fingerprint density at radius 3 is 2.93 bits per heavy atom. The minimum Gasteiger partial charge on any atom is -0.314 e. The Balaban J connectivity index is 2.00. The summed E-state index contributed by atoms with van der Waals surface area (Å²) in [6.07, 6.45) is 2.00. The van der Waals surface area contributed by atoms with E-state index in [9.17, 15) is 4.39 Å². The van der Waals surface area contributed by atoms with Crippen LogP contribution in [0.3, 0.4) is 0 Å². The average molecular weight is 272 g/mol. The molecule has 2 atom stereocenters. The highest BCUT2D eigenvalue weighted by Gasteiger charge is 2.21. The molecule has 1 aliphatic rings. The predicted molar refractivity (Wildman–Crippen MR) is 63.6 cm³/mol. The highest BCUT2D eigenvalue weighted by Crippen LogP contribution is 2.30. The number of benzene rings is 1. The van der Waals surface area contributed by atoms with Crippen LogP contribution < -0.4 is 5.32 Å². The van der Waals surface area contributed by atoms with Gasteiger partial charge in [0.05, 0.1) is 0 Å². The first-order valence-corrected chi connectivity index (χ1v) is 6.18. The highest BCUT2D eigenvalue weighted by molar-refractivity contribution is 9.10. The number of halogens is 2. The average Bonchev–Trinajstić information content (AvgIpc) is 2.71. The lowest BCUT2D eigenvalue weighted by Gasteiger charge is -2.15. The van der Waals surface area contributed by atoms with E-state index < -0.39 is 6.17 Å². The molecule has 1 fully saturated rings. The Morgan fingerprint density at radius 1 is 1.47 bits per heavy atom. The molecule has 82 valence electrons. The van der Waals surface area contributed by atoms with Gasteiger partial charge in [0.2, 0.25) is 0 Å². The van der Waals surface area contributed by atoms with E-state index in [1.54, 1.807) is 0 Å². The van der Waals surface area contributed by atoms with Crippen LogP contribution >= 0.6 is 15.9 Å². The number of nitrogens with one attached hydrogen (secondary N) is 1. The lowest BCUT2D eigenvalue weighted by atomic mass is 10.0. The van der Waals surface area contributed by atoms with E-state index in [-0.39, 0.29) is 0 Å². The summed E-state index contributed by atoms with van der Waals surface area (Å²) in [5.74, 6) is 0. The molecular weight excluding hydrogens is 257 g/mol. The zero-order valence-electron chi connectivity index (χ0n) is 8.55. The molecule has 1 aromatic carbocycles. The first-order valence-electron chi connectivity index (χ1n) is 5.39. The van der Waals surface area contributed by atoms with Gasteiger partial charge < -0.3 is 5.32 Å². The Bertz CT molecular complexity index is 323. The maximum absolute atomic E-state index is 14.0. The third-order valence-corrected chi connectivity index (χ3v) is 3.62. The molecule has 3 heteroatoms. The molecule has 0 aromatic heterocycles. The first kappa shape index (κ1) is 11.1. The van der Waals surface area contributed by atoms with Gasteiger partial charge in [-0.3, -0.25) is 0 Å². The van der Waals surface area contributed by atoms with Crippen molar-refractivity contribution in [1.82, 2.24) is 5.32 Å². The maximum Gasteiger partial charge on any atom is 0.128 e. The molecule has 0 radical (unpaired) electrons. The van der Waals surface area contributed by atoms with Crippen LogP contribution in [0.5, 0.6) is 0 Å². The van der Waals surface area contributed by atoms with Crippen molar-refractivity contribution < 1.29 is 4.39 Å². The van der Waals surface area contributed by atoms with Gasteiger partial charge >= 0.3 is 0 Å². The minimum absolute atomic E-state index is 0.354. The summed E-state index contributed by atoms with van der Waals surface area (Å²) >= 11 is 3.39. The Hall–Kier alpha value is -0.410. The van der Waals surface area contributed by atoms with Gasteiger partial charge in [0, 0.05) is 16.1 Å². The normalized spacial score (nSPS) is 22.9. The van der Waals surface area contributed by atoms with Gasteiger partial charge in [-0.05, 0) is 31.9 Å². The standard InChI is InChI=1S/C12H15BrFN/c13-11-6-2-1-5-10(11)12(14)8-9-4-3-7-15-9/h1-2,5-6,9,12,15H,3-4,7-8H2. The van der Waals surface area contributed by atoms with E-state index in [1.807, 2.05) is 24.3 Å². The summed E-state index contributed by atoms with van der Waals surface area (Å²) in [5.41, 5.74) is 0.770. The largest absolute Gasteiger partial charge is 0.314 e. The van der Waals surface area contributed by atoms with Gasteiger partial charge in [0.15, 0.2) is 0 Å². The molecule has 2 unspecified atom stereocenters. The monoisotopic (exact) mass is 271 g/mol. The van der Waals surface area contributed by atoms with Gasteiger partial charge in [-0.15, -0.1) is 0 Å². The van der Waals surface area contributed by atoms with E-state index in [0.717, 1.165) is 23.0 Å². The molecular formula is C12H15BrFN. The minimum atomic E-state index is -0.865. The zero-order valence-corrected chi connectivity index (χ0v) is 10.1. The van der Waals surface area contributed by atoms with Crippen molar-refractivity contribution in [3.05, 3.63) is 34.3 Å². The number of alkyl halides is 1. The fourth-order valence-electron chi connectivity index (χ4n) is 2.06. The number of hydrogen-bond acceptors (Lipinski definition) is 1.